The van der Waals surface area contributed by atoms with E-state index < -0.39 is 12.0 Å². The quantitative estimate of drug-likeness (QED) is 0.778. The molecule has 0 amide bonds. The van der Waals surface area contributed by atoms with Gasteiger partial charge in [0.25, 0.3) is 0 Å². The molecule has 0 aromatic carbocycles. The predicted octanol–water partition coefficient (Wildman–Crippen LogP) is 2.44. The van der Waals surface area contributed by atoms with E-state index in [1.807, 2.05) is 13.8 Å². The Bertz CT molecular complexity index is 263. The van der Waals surface area contributed by atoms with Crippen LogP contribution in [0.5, 0.6) is 0 Å². The monoisotopic (exact) mass is 269 g/mol. The summed E-state index contributed by atoms with van der Waals surface area (Å²) in [6.07, 6.45) is -3.12. The van der Waals surface area contributed by atoms with Gasteiger partial charge in [0.15, 0.2) is 0 Å². The molecule has 0 spiro atoms. The Labute approximate surface area is 106 Å². The molecule has 0 bridgehead atoms. The van der Waals surface area contributed by atoms with Gasteiger partial charge in [0.1, 0.15) is 0 Å². The van der Waals surface area contributed by atoms with Crippen molar-refractivity contribution < 1.29 is 23.0 Å². The largest absolute Gasteiger partial charge is 0.523 e. The summed E-state index contributed by atoms with van der Waals surface area (Å²) in [5.74, 6) is 0.438. The summed E-state index contributed by atoms with van der Waals surface area (Å²) in [7, 11) is 0. The molecule has 1 atom stereocenters. The van der Waals surface area contributed by atoms with E-state index >= 15 is 0 Å². The van der Waals surface area contributed by atoms with Crippen LogP contribution in [-0.4, -0.2) is 35.8 Å². The molecule has 0 aromatic heterocycles. The Morgan fingerprint density at radius 2 is 1.94 bits per heavy atom. The summed E-state index contributed by atoms with van der Waals surface area (Å²) in [6.45, 7) is 5.56. The van der Waals surface area contributed by atoms with Gasteiger partial charge >= 0.3 is 6.36 Å². The van der Waals surface area contributed by atoms with Gasteiger partial charge in [-0.3, -0.25) is 4.74 Å². The highest BCUT2D eigenvalue weighted by molar-refractivity contribution is 4.98. The van der Waals surface area contributed by atoms with Crippen LogP contribution in [0.3, 0.4) is 0 Å². The van der Waals surface area contributed by atoms with E-state index in [-0.39, 0.29) is 18.7 Å². The molecule has 3 nitrogen and oxygen atoms in total. The first-order valence-corrected chi connectivity index (χ1v) is 6.27. The van der Waals surface area contributed by atoms with Crippen molar-refractivity contribution in [2.24, 2.45) is 5.92 Å². The molecule has 6 heteroatoms. The first-order valence-electron chi connectivity index (χ1n) is 6.27. The second kappa shape index (κ2) is 5.75. The number of alkyl halides is 3. The third kappa shape index (κ3) is 5.12. The van der Waals surface area contributed by atoms with E-state index in [0.717, 1.165) is 6.42 Å². The summed E-state index contributed by atoms with van der Waals surface area (Å²) in [5.41, 5.74) is -1.12. The molecule has 108 valence electrons. The third-order valence-electron chi connectivity index (χ3n) is 3.17. The van der Waals surface area contributed by atoms with Gasteiger partial charge < -0.3 is 10.4 Å². The van der Waals surface area contributed by atoms with Crippen molar-refractivity contribution in [2.75, 3.05) is 6.61 Å². The fraction of sp³-hybridized carbons (Fsp3) is 1.00. The van der Waals surface area contributed by atoms with Gasteiger partial charge in [0, 0.05) is 12.1 Å². The lowest BCUT2D eigenvalue weighted by Crippen LogP contribution is -2.57. The Kier molecular flexibility index (Phi) is 5.03. The van der Waals surface area contributed by atoms with E-state index in [2.05, 4.69) is 10.1 Å². The van der Waals surface area contributed by atoms with Crippen LogP contribution in [0, 0.1) is 5.92 Å². The maximum Gasteiger partial charge on any atom is 0.523 e. The molecular formula is C12H22F3NO2. The minimum absolute atomic E-state index is 0.00548. The molecule has 2 N–H and O–H groups in total. The molecule has 0 heterocycles. The van der Waals surface area contributed by atoms with E-state index in [4.69, 9.17) is 0 Å². The van der Waals surface area contributed by atoms with E-state index in [0.29, 0.717) is 18.8 Å². The maximum absolute atomic E-state index is 12.1. The van der Waals surface area contributed by atoms with Crippen molar-refractivity contribution >= 4 is 0 Å². The lowest BCUT2D eigenvalue weighted by Gasteiger charge is -2.46. The predicted molar refractivity (Wildman–Crippen MR) is 62.0 cm³/mol. The van der Waals surface area contributed by atoms with Gasteiger partial charge in [0.05, 0.1) is 12.2 Å². The molecule has 1 rings (SSSR count). The number of hydrogen-bond donors (Lipinski definition) is 2. The average molecular weight is 269 g/mol. The fourth-order valence-electron chi connectivity index (χ4n) is 2.56. The van der Waals surface area contributed by atoms with Crippen LogP contribution in [0.25, 0.3) is 0 Å². The number of halogens is 3. The van der Waals surface area contributed by atoms with Crippen LogP contribution in [0.15, 0.2) is 0 Å². The van der Waals surface area contributed by atoms with Crippen molar-refractivity contribution in [3.63, 3.8) is 0 Å². The number of nitrogens with one attached hydrogen (secondary N) is 1. The summed E-state index contributed by atoms with van der Waals surface area (Å²) in [4.78, 5) is 0. The normalized spacial score (nSPS) is 30.3. The highest BCUT2D eigenvalue weighted by Gasteiger charge is 2.49. The Morgan fingerprint density at radius 3 is 2.33 bits per heavy atom. The molecule has 0 aliphatic heterocycles. The Morgan fingerprint density at radius 1 is 1.39 bits per heavy atom. The first-order chi connectivity index (χ1) is 8.13. The van der Waals surface area contributed by atoms with Crippen molar-refractivity contribution in [3.8, 4) is 0 Å². The van der Waals surface area contributed by atoms with Crippen molar-refractivity contribution in [2.45, 2.75) is 64.1 Å². The molecule has 1 fully saturated rings. The number of rotatable bonds is 6. The molecular weight excluding hydrogens is 247 g/mol. The van der Waals surface area contributed by atoms with Crippen LogP contribution < -0.4 is 5.32 Å². The first kappa shape index (κ1) is 15.7. The Balaban J connectivity index is 2.33. The Hall–Kier alpha value is -0.330. The zero-order chi connectivity index (χ0) is 14.0. The van der Waals surface area contributed by atoms with E-state index in [1.54, 1.807) is 0 Å². The van der Waals surface area contributed by atoms with E-state index in [1.165, 1.54) is 6.92 Å². The smallest absolute Gasteiger partial charge is 0.395 e. The molecule has 0 aromatic rings. The zero-order valence-electron chi connectivity index (χ0n) is 11.0. The third-order valence-corrected chi connectivity index (χ3v) is 3.17. The summed E-state index contributed by atoms with van der Waals surface area (Å²) >= 11 is 0. The van der Waals surface area contributed by atoms with Gasteiger partial charge in [-0.25, -0.2) is 0 Å². The van der Waals surface area contributed by atoms with Gasteiger partial charge in [-0.05, 0) is 32.1 Å². The van der Waals surface area contributed by atoms with Crippen molar-refractivity contribution in [1.29, 1.82) is 0 Å². The second-order valence-corrected chi connectivity index (χ2v) is 5.78. The molecule has 1 unspecified atom stereocenters. The topological polar surface area (TPSA) is 41.5 Å². The minimum Gasteiger partial charge on any atom is -0.395 e. The van der Waals surface area contributed by atoms with Gasteiger partial charge in [-0.1, -0.05) is 13.8 Å². The summed E-state index contributed by atoms with van der Waals surface area (Å²) in [6, 6.07) is -0.0568. The van der Waals surface area contributed by atoms with Crippen LogP contribution in [0.1, 0.15) is 40.0 Å². The molecule has 0 radical (unpaired) electrons. The highest BCUT2D eigenvalue weighted by atomic mass is 19.4. The standard InChI is InChI=1S/C12H22F3NO2/c1-8(2)4-9(7-17)16-10-5-11(3,6-10)18-12(13,14)15/h8-10,16-17H,4-7H2,1-3H3. The van der Waals surface area contributed by atoms with E-state index in [9.17, 15) is 18.3 Å². The molecule has 1 saturated carbocycles. The minimum atomic E-state index is -4.58. The summed E-state index contributed by atoms with van der Waals surface area (Å²) in [5, 5.41) is 12.4. The van der Waals surface area contributed by atoms with Crippen LogP contribution in [0.2, 0.25) is 0 Å². The van der Waals surface area contributed by atoms with Crippen molar-refractivity contribution in [1.82, 2.24) is 5.32 Å². The van der Waals surface area contributed by atoms with Gasteiger partial charge in [0.2, 0.25) is 0 Å². The van der Waals surface area contributed by atoms with Crippen LogP contribution in [0.4, 0.5) is 13.2 Å². The fourth-order valence-corrected chi connectivity index (χ4v) is 2.56. The average Bonchev–Trinajstić information content (AvgIpc) is 2.10. The van der Waals surface area contributed by atoms with Gasteiger partial charge in [-0.2, -0.15) is 0 Å². The van der Waals surface area contributed by atoms with Gasteiger partial charge in [-0.15, -0.1) is 13.2 Å². The number of ether oxygens (including phenoxy) is 1. The second-order valence-electron chi connectivity index (χ2n) is 5.78. The molecule has 18 heavy (non-hydrogen) atoms. The summed E-state index contributed by atoms with van der Waals surface area (Å²) < 4.78 is 40.4. The number of aliphatic hydroxyl groups excluding tert-OH is 1. The SMILES string of the molecule is CC(C)CC(CO)NC1CC(C)(OC(F)(F)F)C1. The van der Waals surface area contributed by atoms with Crippen molar-refractivity contribution in [3.05, 3.63) is 0 Å². The number of hydrogen-bond acceptors (Lipinski definition) is 3. The van der Waals surface area contributed by atoms with Crippen LogP contribution in [-0.2, 0) is 4.74 Å². The highest BCUT2D eigenvalue weighted by Crippen LogP contribution is 2.40. The molecule has 0 saturated heterocycles. The maximum atomic E-state index is 12.1. The molecule has 1 aliphatic carbocycles. The lowest BCUT2D eigenvalue weighted by atomic mass is 9.76. The van der Waals surface area contributed by atoms with Crippen LogP contribution >= 0.6 is 0 Å². The molecule has 1 aliphatic rings. The number of aliphatic hydroxyl groups is 1. The zero-order valence-corrected chi connectivity index (χ0v) is 11.0. The lowest BCUT2D eigenvalue weighted by molar-refractivity contribution is -0.377.